The van der Waals surface area contributed by atoms with Gasteiger partial charge in [-0.15, -0.1) is 0 Å². The summed E-state index contributed by atoms with van der Waals surface area (Å²) in [7, 11) is 2.91. The normalized spacial score (nSPS) is 17.1. The highest BCUT2D eigenvalue weighted by Crippen LogP contribution is 2.18. The molecule has 1 aliphatic rings. The van der Waals surface area contributed by atoms with E-state index in [0.29, 0.717) is 0 Å². The van der Waals surface area contributed by atoms with Crippen LogP contribution in [-0.2, 0) is 9.31 Å². The zero-order chi connectivity index (χ0) is 12.4. The molecule has 1 radical (unpaired) electrons. The molecule has 0 atom stereocenters. The van der Waals surface area contributed by atoms with Crippen LogP contribution in [0.4, 0.5) is 0 Å². The maximum absolute atomic E-state index is 4.94. The summed E-state index contributed by atoms with van der Waals surface area (Å²) >= 11 is 1.49. The molecule has 1 saturated heterocycles. The second-order valence-electron chi connectivity index (χ2n) is 4.08. The van der Waals surface area contributed by atoms with Gasteiger partial charge in [-0.3, -0.25) is 0 Å². The van der Waals surface area contributed by atoms with Crippen LogP contribution in [0, 0.1) is 12.3 Å². The van der Waals surface area contributed by atoms with E-state index < -0.39 is 0 Å². The summed E-state index contributed by atoms with van der Waals surface area (Å²) in [5, 5.41) is 2.01. The third-order valence-electron chi connectivity index (χ3n) is 1.64. The number of aromatic nitrogens is 1. The van der Waals surface area contributed by atoms with Gasteiger partial charge >= 0.3 is 7.69 Å². The number of nitrogens with zero attached hydrogens (tertiary/aromatic N) is 1. The Labute approximate surface area is 103 Å². The highest BCUT2D eigenvalue weighted by molar-refractivity contribution is 7.03. The smallest absolute Gasteiger partial charge is 0.413 e. The van der Waals surface area contributed by atoms with Crippen molar-refractivity contribution in [1.29, 1.82) is 0 Å². The molecule has 16 heavy (non-hydrogen) atoms. The fraction of sp³-hybridized carbons (Fsp3) is 0.700. The molecule has 2 N–H and O–H groups in total. The molecular formula is C10H20BN2O2S. The summed E-state index contributed by atoms with van der Waals surface area (Å²) < 4.78 is 13.7. The van der Waals surface area contributed by atoms with Gasteiger partial charge in [0, 0.05) is 30.2 Å². The van der Waals surface area contributed by atoms with Crippen LogP contribution in [0.15, 0.2) is 11.6 Å². The number of aryl methyl sites for hydroxylation is 1. The SMILES string of the molecule is CC1(C)CO[B]OC1.CN.Cc1cnsc1. The second-order valence-corrected chi connectivity index (χ2v) is 4.74. The topological polar surface area (TPSA) is 57.4 Å². The van der Waals surface area contributed by atoms with Crippen molar-refractivity contribution in [3.05, 3.63) is 17.1 Å². The van der Waals surface area contributed by atoms with E-state index in [1.165, 1.54) is 31.8 Å². The first-order chi connectivity index (χ1) is 7.60. The van der Waals surface area contributed by atoms with Crippen LogP contribution in [0.3, 0.4) is 0 Å². The van der Waals surface area contributed by atoms with Crippen molar-refractivity contribution in [3.63, 3.8) is 0 Å². The number of hydrogen-bond acceptors (Lipinski definition) is 5. The predicted molar refractivity (Wildman–Crippen MR) is 68.4 cm³/mol. The van der Waals surface area contributed by atoms with E-state index in [9.17, 15) is 0 Å². The first-order valence-electron chi connectivity index (χ1n) is 5.09. The molecule has 0 bridgehead atoms. The minimum atomic E-state index is 0.203. The standard InChI is InChI=1S/C5H10BO2.C4H5NS.CH5N/c1-5(2)3-7-6-8-4-5;1-4-2-5-6-3-4;1-2/h3-4H2,1-2H3;2-3H,1H3;2H2,1H3. The Kier molecular flexibility index (Phi) is 8.46. The quantitative estimate of drug-likeness (QED) is 0.703. The van der Waals surface area contributed by atoms with E-state index in [2.05, 4.69) is 24.0 Å². The van der Waals surface area contributed by atoms with Gasteiger partial charge in [0.1, 0.15) is 0 Å². The van der Waals surface area contributed by atoms with E-state index in [1.807, 2.05) is 18.5 Å². The monoisotopic (exact) mass is 243 g/mol. The molecule has 2 heterocycles. The Balaban J connectivity index is 0.000000251. The predicted octanol–water partition coefficient (Wildman–Crippen LogP) is 1.62. The van der Waals surface area contributed by atoms with Crippen LogP contribution in [0.5, 0.6) is 0 Å². The molecule has 1 aromatic rings. The second kappa shape index (κ2) is 8.70. The minimum absolute atomic E-state index is 0.203. The fourth-order valence-corrected chi connectivity index (χ4v) is 1.38. The molecule has 2 rings (SSSR count). The molecule has 0 amide bonds. The van der Waals surface area contributed by atoms with Crippen molar-refractivity contribution >= 4 is 19.2 Å². The number of rotatable bonds is 0. The van der Waals surface area contributed by atoms with E-state index in [1.54, 1.807) is 0 Å². The van der Waals surface area contributed by atoms with E-state index >= 15 is 0 Å². The minimum Gasteiger partial charge on any atom is -0.413 e. The molecule has 91 valence electrons. The van der Waals surface area contributed by atoms with Crippen molar-refractivity contribution in [2.45, 2.75) is 20.8 Å². The van der Waals surface area contributed by atoms with Gasteiger partial charge in [0.2, 0.25) is 0 Å². The molecule has 0 unspecified atom stereocenters. The van der Waals surface area contributed by atoms with Gasteiger partial charge in [-0.1, -0.05) is 13.8 Å². The van der Waals surface area contributed by atoms with Crippen LogP contribution in [0.1, 0.15) is 19.4 Å². The van der Waals surface area contributed by atoms with Crippen molar-refractivity contribution in [1.82, 2.24) is 4.37 Å². The first-order valence-corrected chi connectivity index (χ1v) is 5.92. The van der Waals surface area contributed by atoms with Crippen molar-refractivity contribution < 1.29 is 9.31 Å². The molecular weight excluding hydrogens is 223 g/mol. The summed E-state index contributed by atoms with van der Waals surface area (Å²) in [5.74, 6) is 0. The first kappa shape index (κ1) is 15.6. The number of hydrogen-bond donors (Lipinski definition) is 1. The summed E-state index contributed by atoms with van der Waals surface area (Å²) in [4.78, 5) is 0. The summed E-state index contributed by atoms with van der Waals surface area (Å²) in [6.45, 7) is 7.80. The van der Waals surface area contributed by atoms with Crippen LogP contribution >= 0.6 is 11.5 Å². The van der Waals surface area contributed by atoms with E-state index in [4.69, 9.17) is 9.31 Å². The van der Waals surface area contributed by atoms with E-state index in [0.717, 1.165) is 13.2 Å². The zero-order valence-electron chi connectivity index (χ0n) is 10.4. The molecule has 0 aliphatic carbocycles. The van der Waals surface area contributed by atoms with E-state index in [-0.39, 0.29) is 5.41 Å². The molecule has 1 aliphatic heterocycles. The van der Waals surface area contributed by atoms with Gasteiger partial charge in [-0.25, -0.2) is 4.37 Å². The third kappa shape index (κ3) is 7.81. The average molecular weight is 243 g/mol. The zero-order valence-corrected chi connectivity index (χ0v) is 11.2. The third-order valence-corrected chi connectivity index (χ3v) is 2.34. The lowest BCUT2D eigenvalue weighted by atomic mass is 9.94. The van der Waals surface area contributed by atoms with Gasteiger partial charge < -0.3 is 15.0 Å². The molecule has 0 aromatic carbocycles. The van der Waals surface area contributed by atoms with Crippen molar-refractivity contribution in [3.8, 4) is 0 Å². The van der Waals surface area contributed by atoms with Crippen LogP contribution in [-0.4, -0.2) is 32.3 Å². The highest BCUT2D eigenvalue weighted by Gasteiger charge is 2.22. The Bertz CT molecular complexity index is 247. The average Bonchev–Trinajstić information content (AvgIpc) is 2.73. The molecule has 1 fully saturated rings. The van der Waals surface area contributed by atoms with Crippen molar-refractivity contribution in [2.75, 3.05) is 20.3 Å². The lowest BCUT2D eigenvalue weighted by Crippen LogP contribution is -2.33. The van der Waals surface area contributed by atoms with Crippen LogP contribution < -0.4 is 5.73 Å². The maximum atomic E-state index is 4.94. The summed E-state index contributed by atoms with van der Waals surface area (Å²) in [6.07, 6.45) is 1.85. The summed E-state index contributed by atoms with van der Waals surface area (Å²) in [6, 6.07) is 0. The molecule has 6 heteroatoms. The van der Waals surface area contributed by atoms with Crippen LogP contribution in [0.25, 0.3) is 0 Å². The Morgan fingerprint density at radius 1 is 1.38 bits per heavy atom. The lowest BCUT2D eigenvalue weighted by Gasteiger charge is -2.28. The Hall–Kier alpha value is -0.425. The van der Waals surface area contributed by atoms with Gasteiger partial charge in [0.15, 0.2) is 0 Å². The fourth-order valence-electron chi connectivity index (χ4n) is 0.867. The number of nitrogens with two attached hydrogens (primary N) is 1. The van der Waals surface area contributed by atoms with Gasteiger partial charge in [-0.2, -0.15) is 0 Å². The Morgan fingerprint density at radius 2 is 1.94 bits per heavy atom. The van der Waals surface area contributed by atoms with Gasteiger partial charge in [0.25, 0.3) is 0 Å². The maximum Gasteiger partial charge on any atom is 0.488 e. The molecule has 0 spiro atoms. The Morgan fingerprint density at radius 3 is 2.12 bits per heavy atom. The highest BCUT2D eigenvalue weighted by atomic mass is 32.1. The summed E-state index contributed by atoms with van der Waals surface area (Å²) in [5.41, 5.74) is 5.95. The van der Waals surface area contributed by atoms with Gasteiger partial charge in [-0.05, 0) is 31.1 Å². The lowest BCUT2D eigenvalue weighted by molar-refractivity contribution is 0.0431. The van der Waals surface area contributed by atoms with Crippen molar-refractivity contribution in [2.24, 2.45) is 11.1 Å². The molecule has 1 aromatic heterocycles. The molecule has 0 saturated carbocycles. The van der Waals surface area contributed by atoms with Gasteiger partial charge in [0.05, 0.1) is 0 Å². The van der Waals surface area contributed by atoms with Crippen LogP contribution in [0.2, 0.25) is 0 Å². The largest absolute Gasteiger partial charge is 0.488 e. The molecule has 4 nitrogen and oxygen atoms in total.